The fourth-order valence-electron chi connectivity index (χ4n) is 4.53. The average molecular weight is 476 g/mol. The Bertz CT molecular complexity index is 1380. The summed E-state index contributed by atoms with van der Waals surface area (Å²) in [6.45, 7) is 2.51. The number of benzene rings is 2. The molecule has 1 N–H and O–H groups in total. The number of nitrogens with one attached hydrogen (secondary N) is 1. The van der Waals surface area contributed by atoms with E-state index in [2.05, 4.69) is 5.32 Å². The fraction of sp³-hybridized carbons (Fsp3) is 0.231. The molecule has 1 aliphatic heterocycles. The van der Waals surface area contributed by atoms with Gasteiger partial charge in [0.05, 0.1) is 20.8 Å². The molecule has 2 aromatic carbocycles. The molecule has 2 amide bonds. The van der Waals surface area contributed by atoms with Crippen LogP contribution < -0.4 is 19.7 Å². The fourth-order valence-corrected chi connectivity index (χ4v) is 5.43. The van der Waals surface area contributed by atoms with Crippen molar-refractivity contribution in [2.45, 2.75) is 25.6 Å². The second-order valence-electron chi connectivity index (χ2n) is 8.42. The van der Waals surface area contributed by atoms with Crippen molar-refractivity contribution >= 4 is 39.1 Å². The predicted octanol–water partition coefficient (Wildman–Crippen LogP) is 4.46. The Hall–Kier alpha value is -3.78. The number of hydrogen-bond donors (Lipinski definition) is 1. The highest BCUT2D eigenvalue weighted by molar-refractivity contribution is 7.16. The lowest BCUT2D eigenvalue weighted by Crippen LogP contribution is -2.64. The Labute approximate surface area is 201 Å². The molecule has 7 nitrogen and oxygen atoms in total. The Morgan fingerprint density at radius 1 is 1.06 bits per heavy atom. The molecule has 0 bridgehead atoms. The Balaban J connectivity index is 1.59. The van der Waals surface area contributed by atoms with E-state index in [0.717, 1.165) is 15.8 Å². The van der Waals surface area contributed by atoms with Gasteiger partial charge in [0, 0.05) is 23.7 Å². The Kier molecular flexibility index (Phi) is 5.53. The van der Waals surface area contributed by atoms with Crippen LogP contribution in [0.1, 0.15) is 23.0 Å². The summed E-state index contributed by atoms with van der Waals surface area (Å²) in [7, 11) is 3.11. The van der Waals surface area contributed by atoms with Gasteiger partial charge in [0.25, 0.3) is 5.91 Å². The summed E-state index contributed by atoms with van der Waals surface area (Å²) >= 11 is 1.57. The third-order valence-electron chi connectivity index (χ3n) is 6.29. The maximum atomic E-state index is 13.9. The molecule has 0 aliphatic carbocycles. The minimum atomic E-state index is -1.17. The normalized spacial score (nSPS) is 17.5. The monoisotopic (exact) mass is 475 g/mol. The Morgan fingerprint density at radius 3 is 2.56 bits per heavy atom. The van der Waals surface area contributed by atoms with Gasteiger partial charge in [-0.2, -0.15) is 0 Å². The van der Waals surface area contributed by atoms with Gasteiger partial charge in [0.2, 0.25) is 5.91 Å². The van der Waals surface area contributed by atoms with E-state index < -0.39 is 5.54 Å². The van der Waals surface area contributed by atoms with Crippen LogP contribution in [-0.2, 0) is 17.9 Å². The number of carbonyl (C=O) groups is 2. The smallest absolute Gasteiger partial charge is 0.275 e. The van der Waals surface area contributed by atoms with Gasteiger partial charge in [-0.3, -0.25) is 14.5 Å². The number of carbonyl (C=O) groups excluding carboxylic acids is 2. The van der Waals surface area contributed by atoms with E-state index >= 15 is 0 Å². The summed E-state index contributed by atoms with van der Waals surface area (Å²) in [5.74, 6) is 0.569. The number of aromatic nitrogens is 1. The van der Waals surface area contributed by atoms with Gasteiger partial charge in [0.1, 0.15) is 16.1 Å². The highest BCUT2D eigenvalue weighted by Gasteiger charge is 2.48. The molecule has 34 heavy (non-hydrogen) atoms. The molecule has 4 aromatic rings. The molecule has 0 radical (unpaired) electrons. The van der Waals surface area contributed by atoms with E-state index in [1.54, 1.807) is 48.7 Å². The van der Waals surface area contributed by atoms with Crippen LogP contribution in [0, 0.1) is 0 Å². The van der Waals surface area contributed by atoms with E-state index in [4.69, 9.17) is 9.47 Å². The van der Waals surface area contributed by atoms with Crippen molar-refractivity contribution in [3.63, 3.8) is 0 Å². The number of amides is 2. The summed E-state index contributed by atoms with van der Waals surface area (Å²) in [5.41, 5.74) is 0.941. The van der Waals surface area contributed by atoms with E-state index in [1.165, 1.54) is 0 Å². The minimum absolute atomic E-state index is 0.233. The summed E-state index contributed by atoms with van der Waals surface area (Å²) in [4.78, 5) is 30.2. The molecule has 1 atom stereocenters. The van der Waals surface area contributed by atoms with Crippen molar-refractivity contribution in [3.05, 3.63) is 77.3 Å². The lowest BCUT2D eigenvalue weighted by atomic mass is 9.93. The van der Waals surface area contributed by atoms with Gasteiger partial charge in [-0.05, 0) is 42.1 Å². The number of nitrogens with zero attached hydrogens (tertiary/aromatic N) is 2. The molecule has 174 valence electrons. The van der Waals surface area contributed by atoms with Crippen LogP contribution in [0.4, 0.5) is 5.69 Å². The van der Waals surface area contributed by atoms with Gasteiger partial charge in [-0.25, -0.2) is 0 Å². The molecule has 0 saturated carbocycles. The zero-order valence-corrected chi connectivity index (χ0v) is 20.0. The number of ether oxygens (including phenoxy) is 2. The van der Waals surface area contributed by atoms with Crippen LogP contribution in [0.2, 0.25) is 0 Å². The largest absolute Gasteiger partial charge is 0.493 e. The first-order valence-electron chi connectivity index (χ1n) is 10.9. The minimum Gasteiger partial charge on any atom is -0.493 e. The number of rotatable bonds is 6. The molecule has 0 fully saturated rings. The highest BCUT2D eigenvalue weighted by atomic mass is 32.1. The van der Waals surface area contributed by atoms with Crippen molar-refractivity contribution in [1.29, 1.82) is 0 Å². The molecular weight excluding hydrogens is 450 g/mol. The van der Waals surface area contributed by atoms with E-state index in [0.29, 0.717) is 36.0 Å². The quantitative estimate of drug-likeness (QED) is 0.447. The predicted molar refractivity (Wildman–Crippen MR) is 133 cm³/mol. The topological polar surface area (TPSA) is 72.8 Å². The molecule has 0 unspecified atom stereocenters. The second-order valence-corrected chi connectivity index (χ2v) is 9.31. The Morgan fingerprint density at radius 2 is 1.82 bits per heavy atom. The number of fused-ring (bicyclic) bond motifs is 3. The molecule has 8 heteroatoms. The lowest BCUT2D eigenvalue weighted by molar-refractivity contribution is -0.126. The first kappa shape index (κ1) is 22.0. The van der Waals surface area contributed by atoms with Crippen LogP contribution in [0.3, 0.4) is 0 Å². The zero-order chi connectivity index (χ0) is 23.9. The summed E-state index contributed by atoms with van der Waals surface area (Å²) in [6.07, 6.45) is 0. The lowest BCUT2D eigenvalue weighted by Gasteiger charge is -2.44. The van der Waals surface area contributed by atoms with Crippen LogP contribution in [-0.4, -0.2) is 36.1 Å². The molecule has 1 aliphatic rings. The van der Waals surface area contributed by atoms with E-state index in [1.807, 2.05) is 59.3 Å². The summed E-state index contributed by atoms with van der Waals surface area (Å²) in [6, 6.07) is 18.9. The third-order valence-corrected chi connectivity index (χ3v) is 7.25. The van der Waals surface area contributed by atoms with Crippen LogP contribution in [0.25, 0.3) is 10.2 Å². The molecule has 2 aromatic heterocycles. The van der Waals surface area contributed by atoms with Gasteiger partial charge in [-0.1, -0.05) is 30.3 Å². The first-order chi connectivity index (χ1) is 16.5. The van der Waals surface area contributed by atoms with E-state index in [-0.39, 0.29) is 11.8 Å². The molecule has 5 rings (SSSR count). The summed E-state index contributed by atoms with van der Waals surface area (Å²) in [5, 5.41) is 6.04. The van der Waals surface area contributed by atoms with Gasteiger partial charge < -0.3 is 19.4 Å². The zero-order valence-electron chi connectivity index (χ0n) is 19.2. The van der Waals surface area contributed by atoms with E-state index in [9.17, 15) is 9.59 Å². The number of thiophene rings is 1. The van der Waals surface area contributed by atoms with Crippen LogP contribution in [0.15, 0.2) is 66.0 Å². The highest BCUT2D eigenvalue weighted by Crippen LogP contribution is 2.40. The van der Waals surface area contributed by atoms with Crippen molar-refractivity contribution in [2.24, 2.45) is 0 Å². The van der Waals surface area contributed by atoms with Gasteiger partial charge >= 0.3 is 0 Å². The van der Waals surface area contributed by atoms with Crippen LogP contribution >= 0.6 is 11.3 Å². The van der Waals surface area contributed by atoms with Crippen molar-refractivity contribution in [3.8, 4) is 11.5 Å². The number of methoxy groups -OCH3 is 2. The SMILES string of the molecule is COc1ccc(N2C(=O)c3cc4ccsc4n3C[C@@]2(C)C(=O)NCc2ccccc2)cc1OC. The average Bonchev–Trinajstić information content (AvgIpc) is 3.45. The van der Waals surface area contributed by atoms with Gasteiger partial charge in [-0.15, -0.1) is 11.3 Å². The first-order valence-corrected chi connectivity index (χ1v) is 11.8. The standard InChI is InChI=1S/C26H25N3O4S/c1-26(25(31)27-15-17-7-5-4-6-8-17)16-28-20(13-18-11-12-34-24(18)28)23(30)29(26)19-9-10-21(32-2)22(14-19)33-3/h4-14H,15-16H2,1-3H3,(H,27,31)/t26-/m0/s1. The van der Waals surface area contributed by atoms with Crippen molar-refractivity contribution < 1.29 is 19.1 Å². The maximum absolute atomic E-state index is 13.9. The second kappa shape index (κ2) is 8.53. The number of hydrogen-bond acceptors (Lipinski definition) is 5. The van der Waals surface area contributed by atoms with Crippen LogP contribution in [0.5, 0.6) is 11.5 Å². The maximum Gasteiger partial charge on any atom is 0.275 e. The molecular formula is C26H25N3O4S. The third kappa shape index (κ3) is 3.51. The molecule has 0 spiro atoms. The van der Waals surface area contributed by atoms with Gasteiger partial charge in [0.15, 0.2) is 11.5 Å². The summed E-state index contributed by atoms with van der Waals surface area (Å²) < 4.78 is 12.8. The van der Waals surface area contributed by atoms with Crippen molar-refractivity contribution in [1.82, 2.24) is 9.88 Å². The number of anilines is 1. The molecule has 3 heterocycles. The van der Waals surface area contributed by atoms with Crippen molar-refractivity contribution in [2.75, 3.05) is 19.1 Å². The molecule has 0 saturated heterocycles.